The van der Waals surface area contributed by atoms with Crippen LogP contribution in [0.4, 0.5) is 0 Å². The molecule has 1 saturated carbocycles. The SMILES string of the molecule is O=C(O)C(NS(=O)(=O)c1ccccc1C1CC1)C1CCOCC1. The van der Waals surface area contributed by atoms with Gasteiger partial charge in [0, 0.05) is 13.2 Å². The van der Waals surface area contributed by atoms with Crippen LogP contribution in [0.1, 0.15) is 37.2 Å². The van der Waals surface area contributed by atoms with E-state index in [2.05, 4.69) is 4.72 Å². The quantitative estimate of drug-likeness (QED) is 0.823. The molecule has 1 atom stereocenters. The Bertz CT molecular complexity index is 677. The summed E-state index contributed by atoms with van der Waals surface area (Å²) < 4.78 is 33.1. The van der Waals surface area contributed by atoms with E-state index in [9.17, 15) is 18.3 Å². The molecule has 1 aliphatic heterocycles. The molecule has 2 fully saturated rings. The molecular weight excluding hydrogens is 318 g/mol. The minimum absolute atomic E-state index is 0.209. The molecule has 1 heterocycles. The van der Waals surface area contributed by atoms with E-state index in [1.54, 1.807) is 12.1 Å². The van der Waals surface area contributed by atoms with E-state index >= 15 is 0 Å². The zero-order valence-electron chi connectivity index (χ0n) is 12.8. The topological polar surface area (TPSA) is 92.7 Å². The van der Waals surface area contributed by atoms with Gasteiger partial charge < -0.3 is 9.84 Å². The van der Waals surface area contributed by atoms with Gasteiger partial charge in [-0.3, -0.25) is 4.79 Å². The van der Waals surface area contributed by atoms with Gasteiger partial charge in [0.25, 0.3) is 0 Å². The van der Waals surface area contributed by atoms with Gasteiger partial charge in [0.15, 0.2) is 0 Å². The van der Waals surface area contributed by atoms with Gasteiger partial charge in [0.2, 0.25) is 10.0 Å². The van der Waals surface area contributed by atoms with Crippen LogP contribution in [0.3, 0.4) is 0 Å². The summed E-state index contributed by atoms with van der Waals surface area (Å²) in [5.74, 6) is -1.11. The normalized spacial score (nSPS) is 21.0. The monoisotopic (exact) mass is 339 g/mol. The largest absolute Gasteiger partial charge is 0.480 e. The first kappa shape index (κ1) is 16.4. The Morgan fingerprint density at radius 2 is 1.83 bits per heavy atom. The number of carboxylic acid groups (broad SMARTS) is 1. The summed E-state index contributed by atoms with van der Waals surface area (Å²) in [6, 6.07) is 5.75. The summed E-state index contributed by atoms with van der Waals surface area (Å²) in [4.78, 5) is 11.8. The molecule has 0 bridgehead atoms. The van der Waals surface area contributed by atoms with Gasteiger partial charge in [-0.2, -0.15) is 4.72 Å². The molecule has 1 aliphatic carbocycles. The van der Waals surface area contributed by atoms with Crippen molar-refractivity contribution in [2.75, 3.05) is 13.2 Å². The second-order valence-corrected chi connectivity index (χ2v) is 7.88. The summed E-state index contributed by atoms with van der Waals surface area (Å²) in [6.07, 6.45) is 3.05. The second-order valence-electron chi connectivity index (χ2n) is 6.20. The molecule has 0 amide bonds. The standard InChI is InChI=1S/C16H21NO5S/c18-16(19)15(12-7-9-22-10-8-12)17-23(20,21)14-4-2-1-3-13(14)11-5-6-11/h1-4,11-12,15,17H,5-10H2,(H,18,19). The molecule has 1 aromatic rings. The van der Waals surface area contributed by atoms with Crippen molar-refractivity contribution in [2.24, 2.45) is 5.92 Å². The van der Waals surface area contributed by atoms with Crippen LogP contribution in [0.25, 0.3) is 0 Å². The van der Waals surface area contributed by atoms with Crippen molar-refractivity contribution in [2.45, 2.75) is 42.5 Å². The van der Waals surface area contributed by atoms with Gasteiger partial charge in [-0.15, -0.1) is 0 Å². The lowest BCUT2D eigenvalue weighted by molar-refractivity contribution is -0.141. The zero-order valence-corrected chi connectivity index (χ0v) is 13.6. The van der Waals surface area contributed by atoms with Gasteiger partial charge in [0.1, 0.15) is 6.04 Å². The van der Waals surface area contributed by atoms with Crippen LogP contribution in [0.5, 0.6) is 0 Å². The predicted molar refractivity (Wildman–Crippen MR) is 83.7 cm³/mol. The van der Waals surface area contributed by atoms with Crippen molar-refractivity contribution >= 4 is 16.0 Å². The number of aliphatic carboxylic acids is 1. The van der Waals surface area contributed by atoms with Crippen LogP contribution in [0.2, 0.25) is 0 Å². The van der Waals surface area contributed by atoms with Crippen molar-refractivity contribution in [3.05, 3.63) is 29.8 Å². The third-order valence-corrected chi connectivity index (χ3v) is 6.03. The van der Waals surface area contributed by atoms with Crippen molar-refractivity contribution in [3.63, 3.8) is 0 Å². The van der Waals surface area contributed by atoms with Gasteiger partial charge in [-0.05, 0) is 49.1 Å². The molecule has 7 heteroatoms. The third-order valence-electron chi connectivity index (χ3n) is 4.51. The smallest absolute Gasteiger partial charge is 0.322 e. The third kappa shape index (κ3) is 3.73. The van der Waals surface area contributed by atoms with E-state index in [0.717, 1.165) is 18.4 Å². The van der Waals surface area contributed by atoms with Gasteiger partial charge >= 0.3 is 5.97 Å². The van der Waals surface area contributed by atoms with Crippen LogP contribution in [0, 0.1) is 5.92 Å². The molecule has 23 heavy (non-hydrogen) atoms. The highest BCUT2D eigenvalue weighted by Crippen LogP contribution is 2.42. The molecule has 0 spiro atoms. The van der Waals surface area contributed by atoms with Crippen LogP contribution < -0.4 is 4.72 Å². The van der Waals surface area contributed by atoms with Crippen molar-refractivity contribution in [1.82, 2.24) is 4.72 Å². The molecule has 1 aromatic carbocycles. The lowest BCUT2D eigenvalue weighted by Crippen LogP contribution is -2.47. The fraction of sp³-hybridized carbons (Fsp3) is 0.562. The van der Waals surface area contributed by atoms with Crippen molar-refractivity contribution in [3.8, 4) is 0 Å². The molecular formula is C16H21NO5S. The van der Waals surface area contributed by atoms with Gasteiger partial charge in [-0.25, -0.2) is 8.42 Å². The Morgan fingerprint density at radius 1 is 1.17 bits per heavy atom. The fourth-order valence-electron chi connectivity index (χ4n) is 3.08. The molecule has 1 saturated heterocycles. The lowest BCUT2D eigenvalue weighted by atomic mass is 9.92. The maximum Gasteiger partial charge on any atom is 0.322 e. The molecule has 0 radical (unpaired) electrons. The first-order valence-corrected chi connectivity index (χ1v) is 9.39. The van der Waals surface area contributed by atoms with Gasteiger partial charge in [-0.1, -0.05) is 18.2 Å². The summed E-state index contributed by atoms with van der Waals surface area (Å²) in [5.41, 5.74) is 0.788. The Balaban J connectivity index is 1.85. The van der Waals surface area contributed by atoms with Crippen LogP contribution in [-0.2, 0) is 19.6 Å². The number of sulfonamides is 1. The average molecular weight is 339 g/mol. The van der Waals surface area contributed by atoms with Crippen LogP contribution in [-0.4, -0.2) is 38.7 Å². The maximum absolute atomic E-state index is 12.7. The number of rotatable bonds is 6. The average Bonchev–Trinajstić information content (AvgIpc) is 3.38. The number of benzene rings is 1. The number of carbonyl (C=O) groups is 1. The first-order chi connectivity index (χ1) is 11.0. The first-order valence-electron chi connectivity index (χ1n) is 7.91. The highest BCUT2D eigenvalue weighted by Gasteiger charge is 2.36. The molecule has 2 N–H and O–H groups in total. The zero-order chi connectivity index (χ0) is 16.4. The number of hydrogen-bond acceptors (Lipinski definition) is 4. The Hall–Kier alpha value is -1.44. The van der Waals surface area contributed by atoms with E-state index in [1.165, 1.54) is 0 Å². The minimum atomic E-state index is -3.86. The Labute approximate surface area is 135 Å². The highest BCUT2D eigenvalue weighted by molar-refractivity contribution is 7.89. The van der Waals surface area contributed by atoms with Crippen molar-refractivity contribution in [1.29, 1.82) is 0 Å². The predicted octanol–water partition coefficient (Wildman–Crippen LogP) is 1.72. The molecule has 3 rings (SSSR count). The number of hydrogen-bond donors (Lipinski definition) is 2. The number of nitrogens with one attached hydrogen (secondary N) is 1. The highest BCUT2D eigenvalue weighted by atomic mass is 32.2. The number of carboxylic acids is 1. The van der Waals surface area contributed by atoms with E-state index < -0.39 is 22.0 Å². The summed E-state index contributed by atoms with van der Waals surface area (Å²) in [7, 11) is -3.86. The maximum atomic E-state index is 12.7. The summed E-state index contributed by atoms with van der Waals surface area (Å²) in [6.45, 7) is 0.934. The molecule has 126 valence electrons. The molecule has 0 aromatic heterocycles. The van der Waals surface area contributed by atoms with E-state index in [1.807, 2.05) is 12.1 Å². The Kier molecular flexibility index (Phi) is 4.70. The lowest BCUT2D eigenvalue weighted by Gasteiger charge is -2.28. The van der Waals surface area contributed by atoms with Crippen LogP contribution in [0.15, 0.2) is 29.2 Å². The second kappa shape index (κ2) is 6.59. The van der Waals surface area contributed by atoms with Crippen LogP contribution >= 0.6 is 0 Å². The van der Waals surface area contributed by atoms with E-state index in [0.29, 0.717) is 26.1 Å². The molecule has 6 nitrogen and oxygen atoms in total. The van der Waals surface area contributed by atoms with E-state index in [4.69, 9.17) is 4.74 Å². The molecule has 1 unspecified atom stereocenters. The minimum Gasteiger partial charge on any atom is -0.480 e. The number of ether oxygens (including phenoxy) is 1. The van der Waals surface area contributed by atoms with Gasteiger partial charge in [0.05, 0.1) is 4.90 Å². The van der Waals surface area contributed by atoms with Crippen molar-refractivity contribution < 1.29 is 23.1 Å². The van der Waals surface area contributed by atoms with E-state index in [-0.39, 0.29) is 16.7 Å². The summed E-state index contributed by atoms with van der Waals surface area (Å²) >= 11 is 0. The Morgan fingerprint density at radius 3 is 2.43 bits per heavy atom. The molecule has 2 aliphatic rings. The fourth-order valence-corrected chi connectivity index (χ4v) is 4.64. The summed E-state index contributed by atoms with van der Waals surface area (Å²) in [5, 5.41) is 9.46.